The molecule has 2 amide bonds. The quantitative estimate of drug-likeness (QED) is 0.811. The number of hydrogen-bond acceptors (Lipinski definition) is 4. The Morgan fingerprint density at radius 3 is 2.12 bits per heavy atom. The lowest BCUT2D eigenvalue weighted by Gasteiger charge is -2.19. The number of rotatable bonds is 6. The first-order valence-electron chi connectivity index (χ1n) is 8.34. The molecule has 1 atom stereocenters. The molecule has 140 valence electrons. The second-order valence-corrected chi connectivity index (χ2v) is 6.09. The zero-order valence-electron chi connectivity index (χ0n) is 16.1. The molecule has 0 fully saturated rings. The zero-order valence-corrected chi connectivity index (χ0v) is 16.1. The molecule has 0 heterocycles. The second kappa shape index (κ2) is 8.47. The maximum absolute atomic E-state index is 12.4. The summed E-state index contributed by atoms with van der Waals surface area (Å²) in [6, 6.07) is 9.12. The Balaban J connectivity index is 2.15. The lowest BCUT2D eigenvalue weighted by molar-refractivity contribution is 0.249. The SMILES string of the molecule is COc1cc(NC(=O)N[C@@H](C)c2cc(C)ccc2C)cc(OC)c1OC. The van der Waals surface area contributed by atoms with E-state index in [-0.39, 0.29) is 12.1 Å². The van der Waals surface area contributed by atoms with Gasteiger partial charge in [-0.3, -0.25) is 0 Å². The van der Waals surface area contributed by atoms with Crippen molar-refractivity contribution in [3.05, 3.63) is 47.0 Å². The van der Waals surface area contributed by atoms with Gasteiger partial charge in [0.1, 0.15) is 0 Å². The molecule has 6 nitrogen and oxygen atoms in total. The van der Waals surface area contributed by atoms with Crippen molar-refractivity contribution in [2.75, 3.05) is 26.6 Å². The van der Waals surface area contributed by atoms with Gasteiger partial charge in [-0.1, -0.05) is 23.8 Å². The molecule has 0 saturated heterocycles. The fourth-order valence-corrected chi connectivity index (χ4v) is 2.82. The third-order valence-corrected chi connectivity index (χ3v) is 4.17. The molecule has 0 aliphatic heterocycles. The Hall–Kier alpha value is -2.89. The Morgan fingerprint density at radius 1 is 0.962 bits per heavy atom. The van der Waals surface area contributed by atoms with Crippen molar-refractivity contribution in [3.8, 4) is 17.2 Å². The summed E-state index contributed by atoms with van der Waals surface area (Å²) in [5.74, 6) is 1.43. The van der Waals surface area contributed by atoms with E-state index in [4.69, 9.17) is 14.2 Å². The van der Waals surface area contributed by atoms with Gasteiger partial charge in [-0.25, -0.2) is 4.79 Å². The zero-order chi connectivity index (χ0) is 19.3. The van der Waals surface area contributed by atoms with Crippen molar-refractivity contribution in [1.82, 2.24) is 5.32 Å². The van der Waals surface area contributed by atoms with Crippen molar-refractivity contribution in [1.29, 1.82) is 0 Å². The minimum atomic E-state index is -0.312. The summed E-state index contributed by atoms with van der Waals surface area (Å²) >= 11 is 0. The van der Waals surface area contributed by atoms with Gasteiger partial charge in [-0.05, 0) is 31.9 Å². The van der Waals surface area contributed by atoms with Crippen LogP contribution in [0.3, 0.4) is 0 Å². The van der Waals surface area contributed by atoms with Crippen LogP contribution in [-0.4, -0.2) is 27.4 Å². The third kappa shape index (κ3) is 4.39. The van der Waals surface area contributed by atoms with Gasteiger partial charge in [0.2, 0.25) is 5.75 Å². The number of ether oxygens (including phenoxy) is 3. The Kier molecular flexibility index (Phi) is 6.33. The molecule has 2 aromatic carbocycles. The van der Waals surface area contributed by atoms with Crippen LogP contribution in [0.15, 0.2) is 30.3 Å². The summed E-state index contributed by atoms with van der Waals surface area (Å²) in [4.78, 5) is 12.4. The van der Waals surface area contributed by atoms with Crippen LogP contribution in [0, 0.1) is 13.8 Å². The summed E-state index contributed by atoms with van der Waals surface area (Å²) in [5.41, 5.74) is 3.93. The summed E-state index contributed by atoms with van der Waals surface area (Å²) in [6.07, 6.45) is 0. The molecule has 0 aliphatic rings. The van der Waals surface area contributed by atoms with Gasteiger partial charge >= 0.3 is 6.03 Å². The number of anilines is 1. The molecular weight excluding hydrogens is 332 g/mol. The van der Waals surface area contributed by atoms with Crippen LogP contribution in [0.4, 0.5) is 10.5 Å². The number of urea groups is 1. The van der Waals surface area contributed by atoms with Crippen molar-refractivity contribution >= 4 is 11.7 Å². The minimum Gasteiger partial charge on any atom is -0.493 e. The van der Waals surface area contributed by atoms with Crippen LogP contribution in [0.1, 0.15) is 29.7 Å². The number of aryl methyl sites for hydroxylation is 2. The minimum absolute atomic E-state index is 0.128. The Bertz CT molecular complexity index is 764. The average Bonchev–Trinajstić information content (AvgIpc) is 2.62. The van der Waals surface area contributed by atoms with Gasteiger partial charge in [0.05, 0.1) is 33.1 Å². The van der Waals surface area contributed by atoms with Crippen molar-refractivity contribution in [2.24, 2.45) is 0 Å². The van der Waals surface area contributed by atoms with E-state index in [2.05, 4.69) is 28.8 Å². The summed E-state index contributed by atoms with van der Waals surface area (Å²) in [7, 11) is 4.60. The van der Waals surface area contributed by atoms with Gasteiger partial charge in [-0.2, -0.15) is 0 Å². The molecule has 0 aromatic heterocycles. The number of carbonyl (C=O) groups excluding carboxylic acids is 1. The van der Waals surface area contributed by atoms with Gasteiger partial charge in [0.15, 0.2) is 11.5 Å². The molecule has 2 aromatic rings. The average molecular weight is 358 g/mol. The fraction of sp³-hybridized carbons (Fsp3) is 0.350. The molecule has 0 radical (unpaired) electrons. The van der Waals surface area contributed by atoms with E-state index < -0.39 is 0 Å². The molecule has 2 rings (SSSR count). The summed E-state index contributed by atoms with van der Waals surface area (Å²) < 4.78 is 15.9. The van der Waals surface area contributed by atoms with E-state index in [1.54, 1.807) is 12.1 Å². The highest BCUT2D eigenvalue weighted by Gasteiger charge is 2.16. The first-order chi connectivity index (χ1) is 12.4. The number of amides is 2. The fourth-order valence-electron chi connectivity index (χ4n) is 2.82. The van der Waals surface area contributed by atoms with E-state index in [1.165, 1.54) is 21.3 Å². The van der Waals surface area contributed by atoms with E-state index in [9.17, 15) is 4.79 Å². The predicted molar refractivity (Wildman–Crippen MR) is 103 cm³/mol. The van der Waals surface area contributed by atoms with Crippen LogP contribution in [-0.2, 0) is 0 Å². The van der Waals surface area contributed by atoms with Gasteiger partial charge in [-0.15, -0.1) is 0 Å². The number of benzene rings is 2. The lowest BCUT2D eigenvalue weighted by atomic mass is 10.0. The number of methoxy groups -OCH3 is 3. The molecule has 0 bridgehead atoms. The maximum atomic E-state index is 12.4. The van der Waals surface area contributed by atoms with Gasteiger partial charge < -0.3 is 24.8 Å². The summed E-state index contributed by atoms with van der Waals surface area (Å²) in [5, 5.41) is 5.77. The number of hydrogen-bond donors (Lipinski definition) is 2. The highest BCUT2D eigenvalue weighted by molar-refractivity contribution is 5.90. The van der Waals surface area contributed by atoms with E-state index >= 15 is 0 Å². The largest absolute Gasteiger partial charge is 0.493 e. The molecule has 2 N–H and O–H groups in total. The van der Waals surface area contributed by atoms with Crippen LogP contribution in [0.5, 0.6) is 17.2 Å². The molecule has 0 spiro atoms. The number of nitrogens with one attached hydrogen (secondary N) is 2. The van der Waals surface area contributed by atoms with Crippen LogP contribution in [0.25, 0.3) is 0 Å². The van der Waals surface area contributed by atoms with E-state index in [0.29, 0.717) is 22.9 Å². The molecule has 0 aliphatic carbocycles. The molecule has 6 heteroatoms. The first-order valence-corrected chi connectivity index (χ1v) is 8.34. The predicted octanol–water partition coefficient (Wildman–Crippen LogP) is 4.21. The lowest BCUT2D eigenvalue weighted by Crippen LogP contribution is -2.31. The van der Waals surface area contributed by atoms with Crippen LogP contribution >= 0.6 is 0 Å². The molecule has 26 heavy (non-hydrogen) atoms. The van der Waals surface area contributed by atoms with Crippen molar-refractivity contribution in [3.63, 3.8) is 0 Å². The monoisotopic (exact) mass is 358 g/mol. The molecule has 0 saturated carbocycles. The highest BCUT2D eigenvalue weighted by atomic mass is 16.5. The van der Waals surface area contributed by atoms with E-state index in [1.807, 2.05) is 20.8 Å². The van der Waals surface area contributed by atoms with Crippen LogP contribution < -0.4 is 24.8 Å². The Labute approximate surface area is 154 Å². The topological polar surface area (TPSA) is 68.8 Å². The van der Waals surface area contributed by atoms with Crippen molar-refractivity contribution < 1.29 is 19.0 Å². The smallest absolute Gasteiger partial charge is 0.319 e. The highest BCUT2D eigenvalue weighted by Crippen LogP contribution is 2.39. The molecular formula is C20H26N2O4. The summed E-state index contributed by atoms with van der Waals surface area (Å²) in [6.45, 7) is 6.02. The van der Waals surface area contributed by atoms with Gasteiger partial charge in [0.25, 0.3) is 0 Å². The van der Waals surface area contributed by atoms with Gasteiger partial charge in [0, 0.05) is 12.1 Å². The van der Waals surface area contributed by atoms with Crippen molar-refractivity contribution in [2.45, 2.75) is 26.8 Å². The maximum Gasteiger partial charge on any atom is 0.319 e. The molecule has 0 unspecified atom stereocenters. The standard InChI is InChI=1S/C20H26N2O4/c1-12-7-8-13(2)16(9-12)14(3)21-20(23)22-15-10-17(24-4)19(26-6)18(11-15)25-5/h7-11,14H,1-6H3,(H2,21,22,23)/t14-/m0/s1. The van der Waals surface area contributed by atoms with E-state index in [0.717, 1.165) is 16.7 Å². The van der Waals surface area contributed by atoms with Crippen LogP contribution in [0.2, 0.25) is 0 Å². The normalized spacial score (nSPS) is 11.5. The Morgan fingerprint density at radius 2 is 1.58 bits per heavy atom. The third-order valence-electron chi connectivity index (χ3n) is 4.17. The number of carbonyl (C=O) groups is 1. The first kappa shape index (κ1) is 19.4. The second-order valence-electron chi connectivity index (χ2n) is 6.09.